The quantitative estimate of drug-likeness (QED) is 0.146. The Morgan fingerprint density at radius 2 is 1.47 bits per heavy atom. The highest BCUT2D eigenvalue weighted by Gasteiger charge is 2.35. The molecule has 4 aromatic carbocycles. The van der Waals surface area contributed by atoms with Crippen LogP contribution < -0.4 is 9.62 Å². The van der Waals surface area contributed by atoms with Crippen molar-refractivity contribution in [3.63, 3.8) is 0 Å². The minimum Gasteiger partial charge on any atom is -0.354 e. The van der Waals surface area contributed by atoms with Crippen molar-refractivity contribution >= 4 is 50.7 Å². The third-order valence-corrected chi connectivity index (χ3v) is 9.97. The van der Waals surface area contributed by atoms with Gasteiger partial charge in [-0.05, 0) is 48.7 Å². The number of sulfonamides is 1. The van der Waals surface area contributed by atoms with Crippen LogP contribution in [0.4, 0.5) is 5.69 Å². The predicted molar refractivity (Wildman–Crippen MR) is 181 cm³/mol. The van der Waals surface area contributed by atoms with Crippen LogP contribution in [0.15, 0.2) is 108 Å². The average molecular weight is 667 g/mol. The summed E-state index contributed by atoms with van der Waals surface area (Å²) in [5.74, 6) is -0.885. The van der Waals surface area contributed by atoms with Gasteiger partial charge in [-0.15, -0.1) is 0 Å². The zero-order valence-corrected chi connectivity index (χ0v) is 27.7. The number of halogens is 2. The molecule has 0 saturated carbocycles. The van der Waals surface area contributed by atoms with Crippen molar-refractivity contribution < 1.29 is 18.0 Å². The molecule has 2 amide bonds. The summed E-state index contributed by atoms with van der Waals surface area (Å²) in [6.07, 6.45) is 1.91. The first-order chi connectivity index (χ1) is 21.6. The van der Waals surface area contributed by atoms with E-state index >= 15 is 0 Å². The molecule has 4 aromatic rings. The van der Waals surface area contributed by atoms with Crippen LogP contribution in [-0.4, -0.2) is 44.3 Å². The molecular weight excluding hydrogens is 629 g/mol. The van der Waals surface area contributed by atoms with E-state index in [2.05, 4.69) is 5.32 Å². The van der Waals surface area contributed by atoms with Crippen LogP contribution in [0.3, 0.4) is 0 Å². The van der Waals surface area contributed by atoms with Gasteiger partial charge in [0.2, 0.25) is 11.8 Å². The van der Waals surface area contributed by atoms with Crippen molar-refractivity contribution in [3.05, 3.63) is 130 Å². The van der Waals surface area contributed by atoms with Crippen LogP contribution in [0, 0.1) is 6.92 Å². The third-order valence-electron chi connectivity index (χ3n) is 7.38. The van der Waals surface area contributed by atoms with Crippen LogP contribution in [0.5, 0.6) is 0 Å². The van der Waals surface area contributed by atoms with Gasteiger partial charge in [-0.1, -0.05) is 121 Å². The van der Waals surface area contributed by atoms with Crippen molar-refractivity contribution in [2.75, 3.05) is 17.4 Å². The molecule has 1 N–H and O–H groups in total. The minimum atomic E-state index is -4.28. The molecule has 10 heteroatoms. The standard InChI is InChI=1S/C35H37Cl2N3O4S/c1-3-4-22-38-35(42)32(23-27-12-7-5-8-13-27)39(24-28-20-18-26(2)19-21-28)33(41)25-40(31-17-11-16-30(36)34(31)37)45(43,44)29-14-9-6-10-15-29/h5-21,32H,3-4,22-25H2,1-2H3,(H,38,42)/t32-/m1/s1. The van der Waals surface area contributed by atoms with Gasteiger partial charge in [0, 0.05) is 19.5 Å². The molecule has 0 aliphatic heterocycles. The summed E-state index contributed by atoms with van der Waals surface area (Å²) in [6, 6.07) is 28.6. The number of hydrogen-bond acceptors (Lipinski definition) is 4. The molecule has 45 heavy (non-hydrogen) atoms. The Hall–Kier alpha value is -3.85. The minimum absolute atomic E-state index is 0.00491. The topological polar surface area (TPSA) is 86.8 Å². The number of aryl methyl sites for hydroxylation is 1. The number of unbranched alkanes of at least 4 members (excludes halogenated alkanes) is 1. The Kier molecular flexibility index (Phi) is 12.0. The Morgan fingerprint density at radius 3 is 2.11 bits per heavy atom. The van der Waals surface area contributed by atoms with E-state index in [4.69, 9.17) is 23.2 Å². The first-order valence-corrected chi connectivity index (χ1v) is 17.0. The second-order valence-corrected chi connectivity index (χ2v) is 13.4. The van der Waals surface area contributed by atoms with Gasteiger partial charge >= 0.3 is 0 Å². The molecule has 7 nitrogen and oxygen atoms in total. The first kappa shape index (κ1) is 34.0. The molecule has 0 aliphatic rings. The van der Waals surface area contributed by atoms with Crippen molar-refractivity contribution in [2.45, 2.75) is 50.6 Å². The summed E-state index contributed by atoms with van der Waals surface area (Å²) in [5.41, 5.74) is 2.77. The van der Waals surface area contributed by atoms with E-state index in [0.29, 0.717) is 6.54 Å². The number of carbonyl (C=O) groups excluding carboxylic acids is 2. The molecule has 0 heterocycles. The lowest BCUT2D eigenvalue weighted by molar-refractivity contribution is -0.140. The Morgan fingerprint density at radius 1 is 0.822 bits per heavy atom. The van der Waals surface area contributed by atoms with Gasteiger partial charge < -0.3 is 10.2 Å². The Labute approximate surface area is 275 Å². The summed E-state index contributed by atoms with van der Waals surface area (Å²) in [4.78, 5) is 29.8. The van der Waals surface area contributed by atoms with Crippen LogP contribution in [0.25, 0.3) is 0 Å². The van der Waals surface area contributed by atoms with Gasteiger partial charge in [0.15, 0.2) is 0 Å². The molecule has 4 rings (SSSR count). The number of nitrogens with one attached hydrogen (secondary N) is 1. The maximum Gasteiger partial charge on any atom is 0.264 e. The molecule has 0 saturated heterocycles. The Bertz CT molecular complexity index is 1690. The van der Waals surface area contributed by atoms with Gasteiger partial charge in [-0.25, -0.2) is 8.42 Å². The number of amides is 2. The van der Waals surface area contributed by atoms with Gasteiger partial charge in [0.1, 0.15) is 12.6 Å². The van der Waals surface area contributed by atoms with Crippen molar-refractivity contribution in [2.24, 2.45) is 0 Å². The highest BCUT2D eigenvalue weighted by atomic mass is 35.5. The van der Waals surface area contributed by atoms with Crippen molar-refractivity contribution in [1.82, 2.24) is 10.2 Å². The molecule has 0 radical (unpaired) electrons. The van der Waals surface area contributed by atoms with E-state index < -0.39 is 28.5 Å². The summed E-state index contributed by atoms with van der Waals surface area (Å²) in [7, 11) is -4.28. The highest BCUT2D eigenvalue weighted by molar-refractivity contribution is 7.92. The van der Waals surface area contributed by atoms with E-state index in [-0.39, 0.29) is 39.5 Å². The number of nitrogens with zero attached hydrogens (tertiary/aromatic N) is 2. The molecular formula is C35H37Cl2N3O4S. The fourth-order valence-electron chi connectivity index (χ4n) is 4.87. The van der Waals surface area contributed by atoms with Crippen LogP contribution >= 0.6 is 23.2 Å². The summed E-state index contributed by atoms with van der Waals surface area (Å²) in [5, 5.41) is 3.13. The highest BCUT2D eigenvalue weighted by Crippen LogP contribution is 2.35. The smallest absolute Gasteiger partial charge is 0.264 e. The van der Waals surface area contributed by atoms with Gasteiger partial charge in [0.25, 0.3) is 10.0 Å². The predicted octanol–water partition coefficient (Wildman–Crippen LogP) is 7.05. The van der Waals surface area contributed by atoms with E-state index in [1.165, 1.54) is 23.1 Å². The number of benzene rings is 4. The summed E-state index contributed by atoms with van der Waals surface area (Å²) < 4.78 is 29.2. The van der Waals surface area contributed by atoms with Crippen LogP contribution in [0.1, 0.15) is 36.5 Å². The zero-order chi connectivity index (χ0) is 32.4. The number of rotatable bonds is 14. The van der Waals surface area contributed by atoms with Gasteiger partial charge in [-0.3, -0.25) is 13.9 Å². The van der Waals surface area contributed by atoms with Crippen LogP contribution in [-0.2, 0) is 32.6 Å². The summed E-state index contributed by atoms with van der Waals surface area (Å²) in [6.45, 7) is 3.92. The molecule has 0 spiro atoms. The third kappa shape index (κ3) is 8.87. The first-order valence-electron chi connectivity index (χ1n) is 14.8. The van der Waals surface area contributed by atoms with E-state index in [0.717, 1.165) is 33.8 Å². The number of hydrogen-bond donors (Lipinski definition) is 1. The molecule has 0 bridgehead atoms. The average Bonchev–Trinajstić information content (AvgIpc) is 3.04. The lowest BCUT2D eigenvalue weighted by Crippen LogP contribution is -2.53. The lowest BCUT2D eigenvalue weighted by atomic mass is 10.0. The maximum absolute atomic E-state index is 14.5. The monoisotopic (exact) mass is 665 g/mol. The lowest BCUT2D eigenvalue weighted by Gasteiger charge is -2.34. The van der Waals surface area contributed by atoms with Crippen LogP contribution in [0.2, 0.25) is 10.0 Å². The normalized spacial score (nSPS) is 11.9. The zero-order valence-electron chi connectivity index (χ0n) is 25.3. The maximum atomic E-state index is 14.5. The molecule has 0 aromatic heterocycles. The second-order valence-electron chi connectivity index (χ2n) is 10.8. The number of anilines is 1. The summed E-state index contributed by atoms with van der Waals surface area (Å²) >= 11 is 12.9. The Balaban J connectivity index is 1.81. The van der Waals surface area contributed by atoms with Crippen molar-refractivity contribution in [1.29, 1.82) is 0 Å². The molecule has 0 unspecified atom stereocenters. The molecule has 0 fully saturated rings. The molecule has 1 atom stereocenters. The SMILES string of the molecule is CCCCNC(=O)[C@@H](Cc1ccccc1)N(Cc1ccc(C)cc1)C(=O)CN(c1cccc(Cl)c1Cl)S(=O)(=O)c1ccccc1. The molecule has 0 aliphatic carbocycles. The van der Waals surface area contributed by atoms with E-state index in [1.807, 2.05) is 68.4 Å². The number of carbonyl (C=O) groups is 2. The fraction of sp³-hybridized carbons (Fsp3) is 0.257. The molecule has 236 valence electrons. The largest absolute Gasteiger partial charge is 0.354 e. The van der Waals surface area contributed by atoms with E-state index in [1.54, 1.807) is 30.3 Å². The van der Waals surface area contributed by atoms with Gasteiger partial charge in [-0.2, -0.15) is 0 Å². The van der Waals surface area contributed by atoms with Gasteiger partial charge in [0.05, 0.1) is 20.6 Å². The second kappa shape index (κ2) is 15.9. The van der Waals surface area contributed by atoms with E-state index in [9.17, 15) is 18.0 Å². The fourth-order valence-corrected chi connectivity index (χ4v) is 6.76. The van der Waals surface area contributed by atoms with Crippen molar-refractivity contribution in [3.8, 4) is 0 Å².